The van der Waals surface area contributed by atoms with Crippen LogP contribution in [0.1, 0.15) is 35.0 Å². The summed E-state index contributed by atoms with van der Waals surface area (Å²) in [6.07, 6.45) is -7.97. The summed E-state index contributed by atoms with van der Waals surface area (Å²) < 4.78 is 71.1. The van der Waals surface area contributed by atoms with Crippen molar-refractivity contribution in [1.29, 1.82) is 0 Å². The lowest BCUT2D eigenvalue weighted by atomic mass is 10.1. The van der Waals surface area contributed by atoms with Gasteiger partial charge in [-0.15, -0.1) is 24.8 Å². The number of aromatic nitrogens is 1. The topological polar surface area (TPSA) is 48.4 Å². The summed E-state index contributed by atoms with van der Waals surface area (Å²) in [6, 6.07) is 0. The van der Waals surface area contributed by atoms with Crippen molar-refractivity contribution in [3.05, 3.63) is 23.0 Å². The second-order valence-corrected chi connectivity index (χ2v) is 3.83. The van der Waals surface area contributed by atoms with Crippen molar-refractivity contribution < 1.29 is 36.2 Å². The lowest BCUT2D eigenvalue weighted by Crippen LogP contribution is -2.21. The van der Waals surface area contributed by atoms with E-state index < -0.39 is 47.2 Å². The highest BCUT2D eigenvalue weighted by atomic mass is 35.5. The Hall–Kier alpha value is -1.64. The van der Waals surface area contributed by atoms with Gasteiger partial charge >= 0.3 is 12.3 Å². The van der Waals surface area contributed by atoms with Crippen LogP contribution in [-0.4, -0.2) is 23.9 Å². The van der Waals surface area contributed by atoms with Gasteiger partial charge in [0, 0.05) is 6.20 Å². The maximum atomic E-state index is 13.1. The lowest BCUT2D eigenvalue weighted by Gasteiger charge is -2.17. The number of pyridine rings is 1. The summed E-state index contributed by atoms with van der Waals surface area (Å²) in [7, 11) is 0. The number of rotatable bonds is 5. The van der Waals surface area contributed by atoms with Crippen LogP contribution in [0.2, 0.25) is 0 Å². The van der Waals surface area contributed by atoms with Crippen LogP contribution in [-0.2, 0) is 10.6 Å². The fraction of sp³-hybridized carbons (Fsp3) is 0.455. The van der Waals surface area contributed by atoms with E-state index in [-0.39, 0.29) is 6.61 Å². The van der Waals surface area contributed by atoms with Gasteiger partial charge in [0.05, 0.1) is 29.3 Å². The highest BCUT2D eigenvalue weighted by Crippen LogP contribution is 2.38. The number of nitrogens with zero attached hydrogens (tertiary/aromatic N) is 1. The average molecular weight is 334 g/mol. The second-order valence-electron chi connectivity index (χ2n) is 3.56. The largest absolute Gasteiger partial charge is 0.573 e. The van der Waals surface area contributed by atoms with Gasteiger partial charge in [-0.1, -0.05) is 0 Å². The molecule has 0 saturated heterocycles. The molecule has 0 fully saturated rings. The molecule has 0 saturated carbocycles. The Morgan fingerprint density at radius 3 is 2.48 bits per heavy atom. The Morgan fingerprint density at radius 2 is 2.05 bits per heavy atom. The number of halogens is 6. The molecule has 0 atom stereocenters. The summed E-state index contributed by atoms with van der Waals surface area (Å²) >= 11 is 5.36. The van der Waals surface area contributed by atoms with Gasteiger partial charge in [-0.05, 0) is 6.92 Å². The van der Waals surface area contributed by atoms with Gasteiger partial charge in [-0.25, -0.2) is 13.6 Å². The summed E-state index contributed by atoms with van der Waals surface area (Å²) in [5, 5.41) is 0. The van der Waals surface area contributed by atoms with Gasteiger partial charge < -0.3 is 9.47 Å². The molecule has 0 amide bonds. The van der Waals surface area contributed by atoms with Crippen LogP contribution in [0.25, 0.3) is 0 Å². The predicted octanol–water partition coefficient (Wildman–Crippen LogP) is 3.83. The van der Waals surface area contributed by atoms with Crippen LogP contribution < -0.4 is 4.74 Å². The zero-order valence-electron chi connectivity index (χ0n) is 10.5. The van der Waals surface area contributed by atoms with Crippen LogP contribution in [0.3, 0.4) is 0 Å². The molecule has 10 heteroatoms. The molecule has 0 spiro atoms. The summed E-state index contributed by atoms with van der Waals surface area (Å²) in [6.45, 7) is 1.27. The zero-order chi connectivity index (χ0) is 16.2. The molecule has 0 aliphatic carbocycles. The minimum Gasteiger partial charge on any atom is -0.462 e. The number of ether oxygens (including phenoxy) is 2. The Labute approximate surface area is 120 Å². The van der Waals surface area contributed by atoms with Gasteiger partial charge in [0.15, 0.2) is 5.75 Å². The molecule has 1 heterocycles. The van der Waals surface area contributed by atoms with Crippen molar-refractivity contribution in [3.63, 3.8) is 0 Å². The van der Waals surface area contributed by atoms with Crippen molar-refractivity contribution in [2.75, 3.05) is 6.61 Å². The lowest BCUT2D eigenvalue weighted by molar-refractivity contribution is -0.275. The zero-order valence-corrected chi connectivity index (χ0v) is 11.3. The van der Waals surface area contributed by atoms with Crippen LogP contribution >= 0.6 is 11.6 Å². The van der Waals surface area contributed by atoms with Crippen LogP contribution in [0.5, 0.6) is 5.75 Å². The van der Waals surface area contributed by atoms with Gasteiger partial charge in [-0.2, -0.15) is 0 Å². The van der Waals surface area contributed by atoms with Gasteiger partial charge in [0.1, 0.15) is 0 Å². The van der Waals surface area contributed by atoms with E-state index in [1.807, 2.05) is 0 Å². The number of hydrogen-bond donors (Lipinski definition) is 0. The Bertz CT molecular complexity index is 521. The normalized spacial score (nSPS) is 11.6. The monoisotopic (exact) mass is 333 g/mol. The van der Waals surface area contributed by atoms with Crippen molar-refractivity contribution in [2.45, 2.75) is 25.6 Å². The van der Waals surface area contributed by atoms with E-state index in [0.717, 1.165) is 0 Å². The van der Waals surface area contributed by atoms with E-state index in [1.54, 1.807) is 0 Å². The number of carbonyl (C=O) groups excluding carboxylic acids is 1. The first kappa shape index (κ1) is 17.4. The molecule has 0 aliphatic rings. The maximum absolute atomic E-state index is 13.1. The van der Waals surface area contributed by atoms with Gasteiger partial charge in [0.25, 0.3) is 6.43 Å². The first-order valence-corrected chi connectivity index (χ1v) is 6.03. The molecule has 21 heavy (non-hydrogen) atoms. The predicted molar refractivity (Wildman–Crippen MR) is 61.4 cm³/mol. The first-order valence-electron chi connectivity index (χ1n) is 5.50. The first-order chi connectivity index (χ1) is 9.71. The highest BCUT2D eigenvalue weighted by molar-refractivity contribution is 6.17. The molecule has 118 valence electrons. The van der Waals surface area contributed by atoms with Crippen molar-refractivity contribution in [1.82, 2.24) is 4.98 Å². The summed E-state index contributed by atoms with van der Waals surface area (Å²) in [5.74, 6) is -3.11. The van der Waals surface area contributed by atoms with E-state index in [1.165, 1.54) is 6.92 Å². The SMILES string of the molecule is CCOC(=O)c1cnc(CCl)c(OC(F)(F)F)c1C(F)F. The van der Waals surface area contributed by atoms with E-state index >= 15 is 0 Å². The number of carbonyl (C=O) groups is 1. The van der Waals surface area contributed by atoms with Gasteiger partial charge in [-0.3, -0.25) is 4.98 Å². The van der Waals surface area contributed by atoms with Crippen molar-refractivity contribution >= 4 is 17.6 Å². The molecule has 1 rings (SSSR count). The Morgan fingerprint density at radius 1 is 1.43 bits per heavy atom. The molecule has 1 aromatic rings. The van der Waals surface area contributed by atoms with E-state index in [0.29, 0.717) is 6.20 Å². The molecule has 0 radical (unpaired) electrons. The van der Waals surface area contributed by atoms with E-state index in [4.69, 9.17) is 11.6 Å². The molecular weight excluding hydrogens is 325 g/mol. The third-order valence-corrected chi connectivity index (χ3v) is 2.46. The quantitative estimate of drug-likeness (QED) is 0.467. The minimum absolute atomic E-state index is 0.145. The molecule has 0 bridgehead atoms. The van der Waals surface area contributed by atoms with Crippen molar-refractivity contribution in [2.24, 2.45) is 0 Å². The third kappa shape index (κ3) is 4.42. The van der Waals surface area contributed by atoms with Crippen molar-refractivity contribution in [3.8, 4) is 5.75 Å². The molecule has 4 nitrogen and oxygen atoms in total. The van der Waals surface area contributed by atoms with Crippen LogP contribution in [0, 0.1) is 0 Å². The molecule has 0 N–H and O–H groups in total. The van der Waals surface area contributed by atoms with E-state index in [9.17, 15) is 26.7 Å². The number of alkyl halides is 6. The summed E-state index contributed by atoms with van der Waals surface area (Å²) in [5.41, 5.74) is -2.62. The van der Waals surface area contributed by atoms with Crippen LogP contribution in [0.15, 0.2) is 6.20 Å². The second kappa shape index (κ2) is 6.88. The Balaban J connectivity index is 3.48. The number of esters is 1. The fourth-order valence-corrected chi connectivity index (χ4v) is 1.65. The van der Waals surface area contributed by atoms with Gasteiger partial charge in [0.2, 0.25) is 0 Å². The maximum Gasteiger partial charge on any atom is 0.573 e. The molecular formula is C11H9ClF5NO3. The highest BCUT2D eigenvalue weighted by Gasteiger charge is 2.37. The molecule has 0 aromatic carbocycles. The molecule has 0 unspecified atom stereocenters. The number of hydrogen-bond acceptors (Lipinski definition) is 4. The van der Waals surface area contributed by atoms with Crippen LogP contribution in [0.4, 0.5) is 22.0 Å². The fourth-order valence-electron chi connectivity index (χ4n) is 1.46. The average Bonchev–Trinajstić information content (AvgIpc) is 2.36. The molecule has 0 aliphatic heterocycles. The third-order valence-electron chi connectivity index (χ3n) is 2.20. The molecule has 1 aromatic heterocycles. The summed E-state index contributed by atoms with van der Waals surface area (Å²) in [4.78, 5) is 15.0. The smallest absolute Gasteiger partial charge is 0.462 e. The standard InChI is InChI=1S/C11H9ClF5NO3/c1-2-20-10(19)5-4-18-6(3-12)8(7(5)9(13)14)21-11(15,16)17/h4,9H,2-3H2,1H3. The van der Waals surface area contributed by atoms with E-state index in [2.05, 4.69) is 14.5 Å². The Kier molecular flexibility index (Phi) is 5.70. The minimum atomic E-state index is -5.24.